The minimum absolute atomic E-state index is 0.0574. The van der Waals surface area contributed by atoms with Crippen LogP contribution in [-0.2, 0) is 6.42 Å². The SMILES string of the molecule is CCCc1c(-c2ccc3cccnc3c2)nc[nH]c1=O. The van der Waals surface area contributed by atoms with Gasteiger partial charge in [-0.3, -0.25) is 9.78 Å². The molecule has 0 atom stereocenters. The maximum Gasteiger partial charge on any atom is 0.254 e. The largest absolute Gasteiger partial charge is 0.313 e. The van der Waals surface area contributed by atoms with Gasteiger partial charge in [-0.2, -0.15) is 0 Å². The Balaban J connectivity index is 2.20. The van der Waals surface area contributed by atoms with Crippen molar-refractivity contribution in [2.75, 3.05) is 0 Å². The molecule has 0 spiro atoms. The van der Waals surface area contributed by atoms with Gasteiger partial charge in [0.15, 0.2) is 0 Å². The molecule has 1 N–H and O–H groups in total. The molecule has 4 nitrogen and oxygen atoms in total. The first-order valence-corrected chi connectivity index (χ1v) is 6.71. The van der Waals surface area contributed by atoms with Gasteiger partial charge < -0.3 is 4.98 Å². The molecule has 0 saturated carbocycles. The van der Waals surface area contributed by atoms with Crippen molar-refractivity contribution in [2.45, 2.75) is 19.8 Å². The van der Waals surface area contributed by atoms with Gasteiger partial charge in [0, 0.05) is 22.7 Å². The van der Waals surface area contributed by atoms with E-state index in [-0.39, 0.29) is 5.56 Å². The Labute approximate surface area is 116 Å². The Morgan fingerprint density at radius 1 is 1.20 bits per heavy atom. The van der Waals surface area contributed by atoms with Crippen LogP contribution in [0.1, 0.15) is 18.9 Å². The number of hydrogen-bond donors (Lipinski definition) is 1. The zero-order chi connectivity index (χ0) is 13.9. The van der Waals surface area contributed by atoms with Crippen LogP contribution in [0.5, 0.6) is 0 Å². The highest BCUT2D eigenvalue weighted by atomic mass is 16.1. The second-order valence-electron chi connectivity index (χ2n) is 4.72. The van der Waals surface area contributed by atoms with Crippen LogP contribution in [0.3, 0.4) is 0 Å². The van der Waals surface area contributed by atoms with Gasteiger partial charge in [-0.25, -0.2) is 4.98 Å². The molecule has 100 valence electrons. The van der Waals surface area contributed by atoms with Gasteiger partial charge in [0.05, 0.1) is 17.5 Å². The first-order valence-electron chi connectivity index (χ1n) is 6.71. The van der Waals surface area contributed by atoms with E-state index < -0.39 is 0 Å². The van der Waals surface area contributed by atoms with Gasteiger partial charge >= 0.3 is 0 Å². The fraction of sp³-hybridized carbons (Fsp3) is 0.188. The lowest BCUT2D eigenvalue weighted by molar-refractivity contribution is 0.888. The number of aromatic nitrogens is 3. The van der Waals surface area contributed by atoms with Crippen molar-refractivity contribution < 1.29 is 0 Å². The van der Waals surface area contributed by atoms with Crippen molar-refractivity contribution in [2.24, 2.45) is 0 Å². The van der Waals surface area contributed by atoms with E-state index in [1.54, 1.807) is 6.20 Å². The van der Waals surface area contributed by atoms with Gasteiger partial charge in [0.25, 0.3) is 5.56 Å². The lowest BCUT2D eigenvalue weighted by Gasteiger charge is -2.07. The molecule has 0 aliphatic carbocycles. The van der Waals surface area contributed by atoms with E-state index in [4.69, 9.17) is 0 Å². The third-order valence-corrected chi connectivity index (χ3v) is 3.33. The molecule has 0 aliphatic rings. The molecule has 0 radical (unpaired) electrons. The smallest absolute Gasteiger partial charge is 0.254 e. The first kappa shape index (κ1) is 12.5. The number of fused-ring (bicyclic) bond motifs is 1. The second-order valence-corrected chi connectivity index (χ2v) is 4.72. The topological polar surface area (TPSA) is 58.6 Å². The molecule has 4 heteroatoms. The lowest BCUT2D eigenvalue weighted by atomic mass is 10.0. The average molecular weight is 265 g/mol. The van der Waals surface area contributed by atoms with Crippen LogP contribution in [0.15, 0.2) is 47.7 Å². The van der Waals surface area contributed by atoms with Gasteiger partial charge in [-0.1, -0.05) is 31.5 Å². The maximum absolute atomic E-state index is 12.0. The summed E-state index contributed by atoms with van der Waals surface area (Å²) >= 11 is 0. The van der Waals surface area contributed by atoms with Crippen molar-refractivity contribution >= 4 is 10.9 Å². The molecule has 0 fully saturated rings. The fourth-order valence-electron chi connectivity index (χ4n) is 2.37. The van der Waals surface area contributed by atoms with E-state index in [1.165, 1.54) is 6.33 Å². The van der Waals surface area contributed by atoms with E-state index in [0.717, 1.165) is 40.6 Å². The molecular formula is C16H15N3O. The molecular weight excluding hydrogens is 250 g/mol. The van der Waals surface area contributed by atoms with Crippen LogP contribution in [0, 0.1) is 0 Å². The minimum atomic E-state index is -0.0574. The summed E-state index contributed by atoms with van der Waals surface area (Å²) in [6.45, 7) is 2.05. The highest BCUT2D eigenvalue weighted by Gasteiger charge is 2.10. The summed E-state index contributed by atoms with van der Waals surface area (Å²) in [7, 11) is 0. The Bertz CT molecular complexity index is 808. The molecule has 1 aromatic carbocycles. The number of hydrogen-bond acceptors (Lipinski definition) is 3. The predicted molar refractivity (Wildman–Crippen MR) is 79.6 cm³/mol. The number of benzene rings is 1. The van der Waals surface area contributed by atoms with Crippen LogP contribution < -0.4 is 5.56 Å². The summed E-state index contributed by atoms with van der Waals surface area (Å²) in [6.07, 6.45) is 4.86. The van der Waals surface area contributed by atoms with Crippen molar-refractivity contribution in [3.8, 4) is 11.3 Å². The van der Waals surface area contributed by atoms with Gasteiger partial charge in [-0.05, 0) is 18.6 Å². The predicted octanol–water partition coefficient (Wildman–Crippen LogP) is 2.94. The molecule has 2 aromatic heterocycles. The van der Waals surface area contributed by atoms with Crippen LogP contribution in [0.25, 0.3) is 22.2 Å². The second kappa shape index (κ2) is 5.25. The van der Waals surface area contributed by atoms with Crippen molar-refractivity contribution in [1.82, 2.24) is 15.0 Å². The lowest BCUT2D eigenvalue weighted by Crippen LogP contribution is -2.14. The Hall–Kier alpha value is -2.49. The van der Waals surface area contributed by atoms with Gasteiger partial charge in [0.1, 0.15) is 0 Å². The highest BCUT2D eigenvalue weighted by Crippen LogP contribution is 2.23. The number of rotatable bonds is 3. The molecule has 0 aliphatic heterocycles. The molecule has 0 bridgehead atoms. The Kier molecular flexibility index (Phi) is 3.29. The molecule has 2 heterocycles. The third-order valence-electron chi connectivity index (χ3n) is 3.33. The van der Waals surface area contributed by atoms with Crippen LogP contribution >= 0.6 is 0 Å². The third kappa shape index (κ3) is 2.20. The number of H-pyrrole nitrogens is 1. The fourth-order valence-corrected chi connectivity index (χ4v) is 2.37. The van der Waals surface area contributed by atoms with E-state index in [0.29, 0.717) is 0 Å². The van der Waals surface area contributed by atoms with Crippen molar-refractivity contribution in [1.29, 1.82) is 0 Å². The van der Waals surface area contributed by atoms with E-state index in [9.17, 15) is 4.79 Å². The summed E-state index contributed by atoms with van der Waals surface area (Å²) < 4.78 is 0. The quantitative estimate of drug-likeness (QED) is 0.792. The normalized spacial score (nSPS) is 10.8. The summed E-state index contributed by atoms with van der Waals surface area (Å²) in [5.41, 5.74) is 3.28. The summed E-state index contributed by atoms with van der Waals surface area (Å²) in [5, 5.41) is 1.08. The summed E-state index contributed by atoms with van der Waals surface area (Å²) in [6, 6.07) is 9.91. The van der Waals surface area contributed by atoms with E-state index in [1.807, 2.05) is 30.3 Å². The monoisotopic (exact) mass is 265 g/mol. The van der Waals surface area contributed by atoms with Crippen LogP contribution in [0.2, 0.25) is 0 Å². The summed E-state index contributed by atoms with van der Waals surface area (Å²) in [5.74, 6) is 0. The Morgan fingerprint density at radius 2 is 2.10 bits per heavy atom. The molecule has 3 aromatic rings. The van der Waals surface area contributed by atoms with Crippen LogP contribution in [-0.4, -0.2) is 15.0 Å². The maximum atomic E-state index is 12.0. The molecule has 20 heavy (non-hydrogen) atoms. The molecule has 0 unspecified atom stereocenters. The number of nitrogens with zero attached hydrogens (tertiary/aromatic N) is 2. The standard InChI is InChI=1S/C16H15N3O/c1-2-4-13-15(18-10-19-16(13)20)12-7-6-11-5-3-8-17-14(11)9-12/h3,5-10H,2,4H2,1H3,(H,18,19,20). The van der Waals surface area contributed by atoms with Gasteiger partial charge in [0.2, 0.25) is 0 Å². The molecule has 3 rings (SSSR count). The van der Waals surface area contributed by atoms with Crippen molar-refractivity contribution in [3.63, 3.8) is 0 Å². The Morgan fingerprint density at radius 3 is 2.95 bits per heavy atom. The van der Waals surface area contributed by atoms with E-state index in [2.05, 4.69) is 21.9 Å². The molecule has 0 amide bonds. The minimum Gasteiger partial charge on any atom is -0.313 e. The zero-order valence-electron chi connectivity index (χ0n) is 11.3. The van der Waals surface area contributed by atoms with Crippen molar-refractivity contribution in [3.05, 3.63) is 58.8 Å². The number of pyridine rings is 1. The number of nitrogens with one attached hydrogen (secondary N) is 1. The van der Waals surface area contributed by atoms with Crippen LogP contribution in [0.4, 0.5) is 0 Å². The van der Waals surface area contributed by atoms with E-state index >= 15 is 0 Å². The number of aromatic amines is 1. The zero-order valence-corrected chi connectivity index (χ0v) is 11.3. The van der Waals surface area contributed by atoms with Gasteiger partial charge in [-0.15, -0.1) is 0 Å². The first-order chi connectivity index (χ1) is 9.79. The highest BCUT2D eigenvalue weighted by molar-refractivity contribution is 5.83. The summed E-state index contributed by atoms with van der Waals surface area (Å²) in [4.78, 5) is 23.3. The molecule has 0 saturated heterocycles. The average Bonchev–Trinajstić information content (AvgIpc) is 2.49.